The average molecular weight is 222 g/mol. The lowest BCUT2D eigenvalue weighted by atomic mass is 10.1. The van der Waals surface area contributed by atoms with Crippen LogP contribution in [0.4, 0.5) is 11.4 Å². The first-order valence-electron chi connectivity index (χ1n) is 5.53. The van der Waals surface area contributed by atoms with Gasteiger partial charge in [0.15, 0.2) is 0 Å². The second kappa shape index (κ2) is 4.71. The maximum atomic E-state index is 8.86. The van der Waals surface area contributed by atoms with E-state index >= 15 is 0 Å². The normalized spacial score (nSPS) is 9.71. The number of nitrogens with zero attached hydrogens (tertiary/aromatic N) is 1. The minimum atomic E-state index is 0.722. The molecule has 0 amide bonds. The summed E-state index contributed by atoms with van der Waals surface area (Å²) < 4.78 is 0. The standard InChI is InChI=1S/C15H14N2/c1-11-3-6-14(7-4-11)17-15-8-5-13(10-16)12(2)9-15/h3-9,17H,1-2H3. The number of hydrogen-bond acceptors (Lipinski definition) is 2. The van der Waals surface area contributed by atoms with Gasteiger partial charge in [0.05, 0.1) is 11.6 Å². The summed E-state index contributed by atoms with van der Waals surface area (Å²) in [5.41, 5.74) is 5.01. The van der Waals surface area contributed by atoms with E-state index in [2.05, 4.69) is 30.4 Å². The van der Waals surface area contributed by atoms with Crippen LogP contribution in [0.5, 0.6) is 0 Å². The first-order chi connectivity index (χ1) is 8.19. The highest BCUT2D eigenvalue weighted by Crippen LogP contribution is 2.19. The molecule has 84 valence electrons. The van der Waals surface area contributed by atoms with Gasteiger partial charge >= 0.3 is 0 Å². The van der Waals surface area contributed by atoms with E-state index < -0.39 is 0 Å². The molecule has 17 heavy (non-hydrogen) atoms. The summed E-state index contributed by atoms with van der Waals surface area (Å²) in [5.74, 6) is 0. The van der Waals surface area contributed by atoms with Gasteiger partial charge in [0.1, 0.15) is 0 Å². The van der Waals surface area contributed by atoms with Gasteiger partial charge < -0.3 is 5.32 Å². The molecule has 0 heterocycles. The van der Waals surface area contributed by atoms with E-state index in [0.29, 0.717) is 0 Å². The third-order valence-electron chi connectivity index (χ3n) is 2.69. The van der Waals surface area contributed by atoms with Crippen molar-refractivity contribution >= 4 is 11.4 Å². The number of nitriles is 1. The van der Waals surface area contributed by atoms with Gasteiger partial charge in [-0.25, -0.2) is 0 Å². The van der Waals surface area contributed by atoms with Crippen molar-refractivity contribution in [3.63, 3.8) is 0 Å². The van der Waals surface area contributed by atoms with Crippen molar-refractivity contribution in [3.05, 3.63) is 59.2 Å². The molecule has 2 aromatic rings. The summed E-state index contributed by atoms with van der Waals surface area (Å²) in [6, 6.07) is 16.1. The molecular weight excluding hydrogens is 208 g/mol. The fourth-order valence-corrected chi connectivity index (χ4v) is 1.67. The lowest BCUT2D eigenvalue weighted by Gasteiger charge is -2.08. The summed E-state index contributed by atoms with van der Waals surface area (Å²) >= 11 is 0. The maximum absolute atomic E-state index is 8.86. The van der Waals surface area contributed by atoms with Gasteiger partial charge in [-0.3, -0.25) is 0 Å². The molecule has 0 aliphatic carbocycles. The lowest BCUT2D eigenvalue weighted by Crippen LogP contribution is -1.92. The van der Waals surface area contributed by atoms with Crippen LogP contribution in [0, 0.1) is 25.2 Å². The van der Waals surface area contributed by atoms with Crippen molar-refractivity contribution < 1.29 is 0 Å². The van der Waals surface area contributed by atoms with E-state index in [0.717, 1.165) is 22.5 Å². The van der Waals surface area contributed by atoms with Crippen LogP contribution in [-0.2, 0) is 0 Å². The number of nitrogens with one attached hydrogen (secondary N) is 1. The Morgan fingerprint density at radius 2 is 1.59 bits per heavy atom. The molecule has 0 atom stereocenters. The molecule has 0 saturated carbocycles. The second-order valence-corrected chi connectivity index (χ2v) is 4.13. The van der Waals surface area contributed by atoms with Gasteiger partial charge in [0.25, 0.3) is 0 Å². The number of benzene rings is 2. The van der Waals surface area contributed by atoms with Crippen LogP contribution in [-0.4, -0.2) is 0 Å². The Bertz CT molecular complexity index is 562. The van der Waals surface area contributed by atoms with Crippen molar-refractivity contribution in [2.24, 2.45) is 0 Å². The van der Waals surface area contributed by atoms with Crippen molar-refractivity contribution in [1.29, 1.82) is 5.26 Å². The highest BCUT2D eigenvalue weighted by Gasteiger charge is 1.99. The second-order valence-electron chi connectivity index (χ2n) is 4.13. The van der Waals surface area contributed by atoms with E-state index in [1.165, 1.54) is 5.56 Å². The predicted molar refractivity (Wildman–Crippen MR) is 70.4 cm³/mol. The van der Waals surface area contributed by atoms with Crippen molar-refractivity contribution in [1.82, 2.24) is 0 Å². The highest BCUT2D eigenvalue weighted by atomic mass is 14.9. The van der Waals surface area contributed by atoms with E-state index in [1.54, 1.807) is 0 Å². The largest absolute Gasteiger partial charge is 0.356 e. The van der Waals surface area contributed by atoms with Crippen LogP contribution in [0.15, 0.2) is 42.5 Å². The van der Waals surface area contributed by atoms with E-state index in [1.807, 2.05) is 37.3 Å². The van der Waals surface area contributed by atoms with Gasteiger partial charge in [-0.15, -0.1) is 0 Å². The molecule has 1 N–H and O–H groups in total. The molecule has 0 aliphatic rings. The third kappa shape index (κ3) is 2.64. The number of hydrogen-bond donors (Lipinski definition) is 1. The molecule has 2 rings (SSSR count). The summed E-state index contributed by atoms with van der Waals surface area (Å²) in [4.78, 5) is 0. The Kier molecular flexibility index (Phi) is 3.11. The predicted octanol–water partition coefficient (Wildman–Crippen LogP) is 3.92. The molecule has 2 heteroatoms. The van der Waals surface area contributed by atoms with Gasteiger partial charge in [0.2, 0.25) is 0 Å². The van der Waals surface area contributed by atoms with Gasteiger partial charge in [-0.1, -0.05) is 17.7 Å². The molecule has 2 nitrogen and oxygen atoms in total. The molecule has 0 unspecified atom stereocenters. The van der Waals surface area contributed by atoms with Crippen LogP contribution in [0.25, 0.3) is 0 Å². The fraction of sp³-hybridized carbons (Fsp3) is 0.133. The smallest absolute Gasteiger partial charge is 0.0994 e. The zero-order chi connectivity index (χ0) is 12.3. The monoisotopic (exact) mass is 222 g/mol. The minimum absolute atomic E-state index is 0.722. The Labute approximate surface area is 102 Å². The zero-order valence-corrected chi connectivity index (χ0v) is 9.99. The molecule has 0 aromatic heterocycles. The van der Waals surface area contributed by atoms with Crippen LogP contribution in [0.2, 0.25) is 0 Å². The number of rotatable bonds is 2. The van der Waals surface area contributed by atoms with Crippen LogP contribution in [0.1, 0.15) is 16.7 Å². The maximum Gasteiger partial charge on any atom is 0.0994 e. The Balaban J connectivity index is 2.22. The molecule has 0 saturated heterocycles. The Morgan fingerprint density at radius 3 is 2.18 bits per heavy atom. The fourth-order valence-electron chi connectivity index (χ4n) is 1.67. The molecular formula is C15H14N2. The minimum Gasteiger partial charge on any atom is -0.356 e. The van der Waals surface area contributed by atoms with E-state index in [-0.39, 0.29) is 0 Å². The SMILES string of the molecule is Cc1ccc(Nc2ccc(C#N)c(C)c2)cc1. The topological polar surface area (TPSA) is 35.8 Å². The Morgan fingerprint density at radius 1 is 0.941 bits per heavy atom. The average Bonchev–Trinajstić information content (AvgIpc) is 2.32. The highest BCUT2D eigenvalue weighted by molar-refractivity contribution is 5.62. The van der Waals surface area contributed by atoms with Gasteiger partial charge in [-0.05, 0) is 49.7 Å². The molecule has 0 spiro atoms. The van der Waals surface area contributed by atoms with Crippen molar-refractivity contribution in [3.8, 4) is 6.07 Å². The quantitative estimate of drug-likeness (QED) is 0.836. The molecule has 0 radical (unpaired) electrons. The first kappa shape index (κ1) is 11.2. The summed E-state index contributed by atoms with van der Waals surface area (Å²) in [5, 5.41) is 12.2. The van der Waals surface area contributed by atoms with Gasteiger partial charge in [-0.2, -0.15) is 5.26 Å². The molecule has 0 aliphatic heterocycles. The summed E-state index contributed by atoms with van der Waals surface area (Å²) in [6.45, 7) is 4.01. The van der Waals surface area contributed by atoms with Crippen LogP contribution >= 0.6 is 0 Å². The summed E-state index contributed by atoms with van der Waals surface area (Å²) in [6.07, 6.45) is 0. The van der Waals surface area contributed by atoms with Crippen molar-refractivity contribution in [2.75, 3.05) is 5.32 Å². The summed E-state index contributed by atoms with van der Waals surface area (Å²) in [7, 11) is 0. The first-order valence-corrected chi connectivity index (χ1v) is 5.53. The third-order valence-corrected chi connectivity index (χ3v) is 2.69. The van der Waals surface area contributed by atoms with Crippen LogP contribution < -0.4 is 5.32 Å². The van der Waals surface area contributed by atoms with Crippen LogP contribution in [0.3, 0.4) is 0 Å². The number of aryl methyl sites for hydroxylation is 2. The van der Waals surface area contributed by atoms with Crippen molar-refractivity contribution in [2.45, 2.75) is 13.8 Å². The molecule has 0 fully saturated rings. The zero-order valence-electron chi connectivity index (χ0n) is 9.99. The Hall–Kier alpha value is -2.27. The van der Waals surface area contributed by atoms with E-state index in [4.69, 9.17) is 5.26 Å². The van der Waals surface area contributed by atoms with Gasteiger partial charge in [0, 0.05) is 11.4 Å². The molecule has 2 aromatic carbocycles. The number of anilines is 2. The van der Waals surface area contributed by atoms with E-state index in [9.17, 15) is 0 Å². The lowest BCUT2D eigenvalue weighted by molar-refractivity contribution is 1.38. The molecule has 0 bridgehead atoms.